The summed E-state index contributed by atoms with van der Waals surface area (Å²) >= 11 is 0. The molecule has 6 rings (SSSR count). The average Bonchev–Trinajstić information content (AvgIpc) is 3.61. The van der Waals surface area contributed by atoms with E-state index in [1.807, 2.05) is 55.1 Å². The number of aryl methyl sites for hydroxylation is 2. The van der Waals surface area contributed by atoms with Gasteiger partial charge in [-0.2, -0.15) is 0 Å². The fraction of sp³-hybridized carbons (Fsp3) is 0.367. The van der Waals surface area contributed by atoms with Crippen molar-refractivity contribution in [2.24, 2.45) is 0 Å². The smallest absolute Gasteiger partial charge is 0.254 e. The van der Waals surface area contributed by atoms with Crippen LogP contribution in [0.3, 0.4) is 0 Å². The molecule has 1 saturated heterocycles. The number of carbonyl (C=O) groups excluding carboxylic acids is 2. The number of nitrogens with one attached hydrogen (secondary N) is 2. The average molecular weight is 524 g/mol. The van der Waals surface area contributed by atoms with Crippen LogP contribution in [0.5, 0.6) is 0 Å². The molecule has 3 heterocycles. The summed E-state index contributed by atoms with van der Waals surface area (Å²) in [7, 11) is 0. The number of hydrogen-bond donors (Lipinski definition) is 2. The Bertz CT molecular complexity index is 1520. The molecular weight excluding hydrogens is 490 g/mol. The molecule has 1 atom stereocenters. The van der Waals surface area contributed by atoms with Gasteiger partial charge in [-0.05, 0) is 74.4 Å². The molecule has 1 unspecified atom stereocenters. The second-order valence-corrected chi connectivity index (χ2v) is 10.4. The highest BCUT2D eigenvalue weighted by molar-refractivity contribution is 5.96. The van der Waals surface area contributed by atoms with Crippen LogP contribution in [0.2, 0.25) is 0 Å². The van der Waals surface area contributed by atoms with Crippen molar-refractivity contribution in [2.45, 2.75) is 51.6 Å². The topological polar surface area (TPSA) is 107 Å². The van der Waals surface area contributed by atoms with Crippen molar-refractivity contribution in [1.82, 2.24) is 30.2 Å². The number of H-pyrrole nitrogens is 1. The number of anilines is 1. The van der Waals surface area contributed by atoms with E-state index in [-0.39, 0.29) is 23.9 Å². The van der Waals surface area contributed by atoms with Gasteiger partial charge in [-0.25, -0.2) is 15.0 Å². The van der Waals surface area contributed by atoms with Crippen LogP contribution in [0.4, 0.5) is 5.82 Å². The van der Waals surface area contributed by atoms with E-state index < -0.39 is 0 Å². The monoisotopic (exact) mass is 523 g/mol. The van der Waals surface area contributed by atoms with Crippen LogP contribution in [-0.2, 0) is 6.42 Å². The SMILES string of the molecule is CCN(C(=O)c1ccc2c(c1)C(NC(=O)c1ccccc1C)CC2)C1CCN(c2ncnc3nc[nH]c23)CC1. The molecule has 0 radical (unpaired) electrons. The van der Waals surface area contributed by atoms with Crippen molar-refractivity contribution < 1.29 is 9.59 Å². The maximum Gasteiger partial charge on any atom is 0.254 e. The number of carbonyl (C=O) groups is 2. The van der Waals surface area contributed by atoms with E-state index in [4.69, 9.17) is 0 Å². The molecule has 1 aliphatic heterocycles. The third kappa shape index (κ3) is 4.73. The largest absolute Gasteiger partial charge is 0.355 e. The van der Waals surface area contributed by atoms with Crippen molar-refractivity contribution in [2.75, 3.05) is 24.5 Å². The zero-order chi connectivity index (χ0) is 26.9. The number of aromatic nitrogens is 4. The number of benzene rings is 2. The van der Waals surface area contributed by atoms with Crippen LogP contribution < -0.4 is 10.2 Å². The molecule has 0 bridgehead atoms. The van der Waals surface area contributed by atoms with Crippen molar-refractivity contribution in [1.29, 1.82) is 0 Å². The summed E-state index contributed by atoms with van der Waals surface area (Å²) in [6, 6.07) is 13.7. The van der Waals surface area contributed by atoms with Gasteiger partial charge in [0.05, 0.1) is 12.4 Å². The minimum Gasteiger partial charge on any atom is -0.355 e. The van der Waals surface area contributed by atoms with Gasteiger partial charge in [-0.1, -0.05) is 24.3 Å². The van der Waals surface area contributed by atoms with E-state index in [9.17, 15) is 9.59 Å². The Morgan fingerprint density at radius 3 is 2.69 bits per heavy atom. The van der Waals surface area contributed by atoms with Gasteiger partial charge in [0.25, 0.3) is 11.8 Å². The fourth-order valence-corrected chi connectivity index (χ4v) is 6.06. The molecule has 0 spiro atoms. The molecule has 4 aromatic rings. The Kier molecular flexibility index (Phi) is 6.72. The molecule has 2 aromatic heterocycles. The lowest BCUT2D eigenvalue weighted by molar-refractivity contribution is 0.0663. The third-order valence-electron chi connectivity index (χ3n) is 8.17. The Balaban J connectivity index is 1.15. The molecule has 9 nitrogen and oxygen atoms in total. The first-order valence-electron chi connectivity index (χ1n) is 13.7. The van der Waals surface area contributed by atoms with E-state index in [1.165, 1.54) is 5.56 Å². The van der Waals surface area contributed by atoms with Crippen LogP contribution in [0.1, 0.15) is 69.6 Å². The number of amides is 2. The highest BCUT2D eigenvalue weighted by Crippen LogP contribution is 2.33. The number of imidazole rings is 1. The maximum absolute atomic E-state index is 13.8. The van der Waals surface area contributed by atoms with E-state index in [1.54, 1.807) is 12.7 Å². The van der Waals surface area contributed by atoms with Crippen molar-refractivity contribution in [3.63, 3.8) is 0 Å². The van der Waals surface area contributed by atoms with Crippen LogP contribution in [0, 0.1) is 6.92 Å². The fourth-order valence-electron chi connectivity index (χ4n) is 6.06. The Morgan fingerprint density at radius 1 is 1.08 bits per heavy atom. The van der Waals surface area contributed by atoms with Crippen molar-refractivity contribution in [3.05, 3.63) is 82.9 Å². The van der Waals surface area contributed by atoms with Crippen LogP contribution in [0.15, 0.2) is 55.1 Å². The van der Waals surface area contributed by atoms with Gasteiger partial charge in [0.1, 0.15) is 11.8 Å². The number of nitrogens with zero attached hydrogens (tertiary/aromatic N) is 5. The minimum atomic E-state index is -0.0923. The first-order valence-corrected chi connectivity index (χ1v) is 13.7. The molecule has 200 valence electrons. The Labute approximate surface area is 227 Å². The second-order valence-electron chi connectivity index (χ2n) is 10.4. The number of rotatable bonds is 6. The molecular formula is C30H33N7O2. The second kappa shape index (κ2) is 10.5. The summed E-state index contributed by atoms with van der Waals surface area (Å²) in [6.07, 6.45) is 6.65. The van der Waals surface area contributed by atoms with Gasteiger partial charge in [0.15, 0.2) is 11.5 Å². The quantitative estimate of drug-likeness (QED) is 0.392. The van der Waals surface area contributed by atoms with Gasteiger partial charge in [-0.3, -0.25) is 9.59 Å². The lowest BCUT2D eigenvalue weighted by atomic mass is 9.99. The predicted molar refractivity (Wildman–Crippen MR) is 150 cm³/mol. The van der Waals surface area contributed by atoms with Crippen molar-refractivity contribution in [3.8, 4) is 0 Å². The normalized spacial score (nSPS) is 17.3. The van der Waals surface area contributed by atoms with Crippen LogP contribution >= 0.6 is 0 Å². The molecule has 2 aromatic carbocycles. The molecule has 2 amide bonds. The van der Waals surface area contributed by atoms with Crippen LogP contribution in [0.25, 0.3) is 11.2 Å². The first kappa shape index (κ1) is 25.0. The Hall–Kier alpha value is -4.27. The molecule has 2 aliphatic rings. The Morgan fingerprint density at radius 2 is 1.90 bits per heavy atom. The number of piperidine rings is 1. The van der Waals surface area contributed by atoms with Crippen LogP contribution in [-0.4, -0.2) is 62.3 Å². The summed E-state index contributed by atoms with van der Waals surface area (Å²) in [5, 5.41) is 3.21. The van der Waals surface area contributed by atoms with Gasteiger partial charge < -0.3 is 20.1 Å². The highest BCUT2D eigenvalue weighted by Gasteiger charge is 2.31. The number of fused-ring (bicyclic) bond motifs is 2. The molecule has 39 heavy (non-hydrogen) atoms. The van der Waals surface area contributed by atoms with Gasteiger partial charge in [0, 0.05) is 36.8 Å². The highest BCUT2D eigenvalue weighted by atomic mass is 16.2. The zero-order valence-corrected chi connectivity index (χ0v) is 22.4. The summed E-state index contributed by atoms with van der Waals surface area (Å²) in [4.78, 5) is 47.1. The molecule has 9 heteroatoms. The van der Waals surface area contributed by atoms with Gasteiger partial charge in [-0.15, -0.1) is 0 Å². The summed E-state index contributed by atoms with van der Waals surface area (Å²) < 4.78 is 0. The number of hydrogen-bond acceptors (Lipinski definition) is 6. The van der Waals surface area contributed by atoms with E-state index in [0.29, 0.717) is 23.3 Å². The summed E-state index contributed by atoms with van der Waals surface area (Å²) in [5.41, 5.74) is 6.10. The maximum atomic E-state index is 13.8. The molecule has 0 saturated carbocycles. The zero-order valence-electron chi connectivity index (χ0n) is 22.4. The molecule has 1 aliphatic carbocycles. The molecule has 2 N–H and O–H groups in total. The number of aromatic amines is 1. The predicted octanol–water partition coefficient (Wildman–Crippen LogP) is 4.21. The van der Waals surface area contributed by atoms with Gasteiger partial charge in [0.2, 0.25) is 0 Å². The van der Waals surface area contributed by atoms with E-state index in [0.717, 1.165) is 61.2 Å². The van der Waals surface area contributed by atoms with Crippen molar-refractivity contribution >= 4 is 28.8 Å². The summed E-state index contributed by atoms with van der Waals surface area (Å²) in [5.74, 6) is 0.844. The van der Waals surface area contributed by atoms with E-state index >= 15 is 0 Å². The first-order chi connectivity index (χ1) is 19.0. The van der Waals surface area contributed by atoms with Gasteiger partial charge >= 0.3 is 0 Å². The summed E-state index contributed by atoms with van der Waals surface area (Å²) in [6.45, 7) is 6.24. The van der Waals surface area contributed by atoms with E-state index in [2.05, 4.69) is 36.2 Å². The molecule has 1 fully saturated rings. The lowest BCUT2D eigenvalue weighted by Crippen LogP contribution is -2.47. The standard InChI is InChI=1S/C30H33N7O2/c1-3-37(22-12-14-36(15-13-22)28-26-27(32-17-31-26)33-18-34-28)30(39)21-9-8-20-10-11-25(24(20)16-21)35-29(38)23-7-5-4-6-19(23)2/h4-9,16-18,22,25H,3,10-15H2,1-2H3,(H,35,38)(H,31,32,33,34). The lowest BCUT2D eigenvalue weighted by Gasteiger charge is -2.38. The minimum absolute atomic E-state index is 0.0487. The third-order valence-corrected chi connectivity index (χ3v) is 8.17.